The fraction of sp³-hybridized carbons (Fsp3) is 0.846. The van der Waals surface area contributed by atoms with Crippen LogP contribution in [0.3, 0.4) is 0 Å². The molecule has 0 heterocycles. The largest absolute Gasteiger partial charge is 2.00 e. The Morgan fingerprint density at radius 3 is 0.483 bits per heavy atom. The fourth-order valence-corrected chi connectivity index (χ4v) is 14.4. The molecule has 6 nitrogen and oxygen atoms in total. The molecule has 0 aliphatic rings. The second-order valence-corrected chi connectivity index (χ2v) is 29.5. The second-order valence-electron chi connectivity index (χ2n) is 26.8. The Morgan fingerprint density at radius 2 is 0.345 bits per heavy atom. The van der Waals surface area contributed by atoms with Crippen molar-refractivity contribution in [1.82, 2.24) is 0 Å². The van der Waals surface area contributed by atoms with Gasteiger partial charge in [0.05, 0.1) is 9.79 Å². The van der Waals surface area contributed by atoms with Crippen LogP contribution in [-0.2, 0) is 33.1 Å². The zero-order valence-corrected chi connectivity index (χ0v) is 63.9. The number of hydrogen-bond acceptors (Lipinski definition) is 6. The van der Waals surface area contributed by atoms with Crippen LogP contribution in [0.15, 0.2) is 58.3 Å². The van der Waals surface area contributed by atoms with Crippen molar-refractivity contribution in [2.75, 3.05) is 0 Å². The van der Waals surface area contributed by atoms with Gasteiger partial charge in [-0.05, 0) is 48.9 Å². The predicted octanol–water partition coefficient (Wildman–Crippen LogP) is 26.1. The third kappa shape index (κ3) is 60.5. The Labute approximate surface area is 583 Å². The van der Waals surface area contributed by atoms with Crippen molar-refractivity contribution >= 4 is 69.1 Å². The van der Waals surface area contributed by atoms with Crippen LogP contribution in [0.1, 0.15) is 423 Å². The summed E-state index contributed by atoms with van der Waals surface area (Å²) in [6.07, 6.45) is 87.9. The van der Waals surface area contributed by atoms with Crippen molar-refractivity contribution in [2.45, 2.75) is 435 Å². The van der Waals surface area contributed by atoms with E-state index in [-0.39, 0.29) is 58.7 Å². The average molecular weight is 1380 g/mol. The molecule has 87 heavy (non-hydrogen) atoms. The first-order valence-electron chi connectivity index (χ1n) is 38.2. The first-order valence-corrected chi connectivity index (χ1v) is 41.0. The maximum Gasteiger partial charge on any atom is 2.00 e. The Hall–Kier alpha value is -0.169. The van der Waals surface area contributed by atoms with Gasteiger partial charge in [-0.1, -0.05) is 435 Å². The van der Waals surface area contributed by atoms with Crippen LogP contribution in [0.5, 0.6) is 0 Å². The Morgan fingerprint density at radius 1 is 0.218 bits per heavy atom. The molecule has 0 unspecified atom stereocenters. The Bertz CT molecular complexity index is 1780. The molecule has 2 aromatic carbocycles. The summed E-state index contributed by atoms with van der Waals surface area (Å²) in [5, 5.41) is 0. The molecule has 2 rings (SSSR count). The minimum absolute atomic E-state index is 0. The van der Waals surface area contributed by atoms with Gasteiger partial charge in [-0.2, -0.15) is 0 Å². The normalized spacial score (nSPS) is 11.7. The van der Waals surface area contributed by atoms with E-state index in [0.717, 1.165) is 25.7 Å². The van der Waals surface area contributed by atoms with Crippen molar-refractivity contribution in [3.63, 3.8) is 0 Å². The summed E-state index contributed by atoms with van der Waals surface area (Å²) in [6.45, 7) is 4.60. The molecule has 0 N–H and O–H groups in total. The molecule has 0 saturated carbocycles. The third-order valence-electron chi connectivity index (χ3n) is 18.6. The summed E-state index contributed by atoms with van der Waals surface area (Å²) < 4.78 is 68.2. The monoisotopic (exact) mass is 1380 g/mol. The molecule has 2 aromatic rings. The zero-order chi connectivity index (χ0) is 62.2. The fourth-order valence-electron chi connectivity index (χ4n) is 12.9. The van der Waals surface area contributed by atoms with E-state index in [1.54, 1.807) is 24.3 Å². The van der Waals surface area contributed by atoms with Crippen LogP contribution in [0.4, 0.5) is 0 Å². The maximum absolute atomic E-state index is 11.4. The smallest absolute Gasteiger partial charge is 0.744 e. The van der Waals surface area contributed by atoms with Gasteiger partial charge in [0, 0.05) is 0 Å². The number of hydrogen-bond donors (Lipinski definition) is 0. The molecule has 0 aliphatic heterocycles. The van der Waals surface area contributed by atoms with Gasteiger partial charge in [-0.15, -0.1) is 0 Å². The minimum Gasteiger partial charge on any atom is -0.744 e. The molecule has 0 aliphatic carbocycles. The zero-order valence-electron chi connectivity index (χ0n) is 57.8. The van der Waals surface area contributed by atoms with Gasteiger partial charge < -0.3 is 9.11 Å². The van der Waals surface area contributed by atoms with Crippen LogP contribution in [0.2, 0.25) is 0 Å². The van der Waals surface area contributed by atoms with E-state index in [9.17, 15) is 25.9 Å². The van der Waals surface area contributed by atoms with E-state index in [2.05, 4.69) is 13.8 Å². The molecule has 0 amide bonds. The number of unbranched alkanes of at least 4 members (excludes halogenated alkanes) is 60. The SMILES string of the molecule is CCCCCCCCCCCCCCCCCCCCCCCCCCCCCCCCCc1ccccc1S(=O)(=O)[O-].CCCCCCCCCCCCCCCCCCCCCCCCCCCCCCCCCc1ccccc1S(=O)(=O)[O-].[Ba+2]. The van der Waals surface area contributed by atoms with Crippen molar-refractivity contribution in [2.24, 2.45) is 0 Å². The molecule has 0 atom stereocenters. The molecule has 0 fully saturated rings. The predicted molar refractivity (Wildman–Crippen MR) is 380 cm³/mol. The van der Waals surface area contributed by atoms with Crippen LogP contribution in [0.25, 0.3) is 0 Å². The molecule has 0 aromatic heterocycles. The molecule has 0 bridgehead atoms. The van der Waals surface area contributed by atoms with Crippen molar-refractivity contribution in [1.29, 1.82) is 0 Å². The molecule has 0 spiro atoms. The molecule has 0 saturated heterocycles. The van der Waals surface area contributed by atoms with Gasteiger partial charge in [0.2, 0.25) is 0 Å². The number of aryl methyl sites for hydroxylation is 2. The Kier molecular flexibility index (Phi) is 67.1. The summed E-state index contributed by atoms with van der Waals surface area (Å²) in [7, 11) is -8.73. The van der Waals surface area contributed by atoms with E-state index in [0.29, 0.717) is 24.0 Å². The van der Waals surface area contributed by atoms with Crippen molar-refractivity contribution < 1.29 is 25.9 Å². The van der Waals surface area contributed by atoms with Crippen LogP contribution >= 0.6 is 0 Å². The van der Waals surface area contributed by atoms with Gasteiger partial charge in [-0.3, -0.25) is 0 Å². The van der Waals surface area contributed by atoms with Gasteiger partial charge in [-0.25, -0.2) is 16.8 Å². The quantitative estimate of drug-likeness (QED) is 0.0370. The third-order valence-corrected chi connectivity index (χ3v) is 20.5. The average Bonchev–Trinajstić information content (AvgIpc) is 2.88. The number of rotatable bonds is 66. The molecular weight excluding hydrogens is 1230 g/mol. The van der Waals surface area contributed by atoms with E-state index in [1.165, 1.54) is 385 Å². The molecule has 9 heteroatoms. The minimum atomic E-state index is -4.37. The van der Waals surface area contributed by atoms with Gasteiger partial charge in [0.15, 0.2) is 0 Å². The first kappa shape index (κ1) is 86.8. The van der Waals surface area contributed by atoms with Gasteiger partial charge in [0.1, 0.15) is 20.2 Å². The standard InChI is InChI=1S/2C39H72O3S.Ba/c2*1-2-3-4-5-6-7-8-9-10-11-12-13-14-15-16-17-18-19-20-21-22-23-24-25-26-27-28-29-30-31-32-35-38-36-33-34-37-39(38)43(40,41)42;/h2*33-34,36-37H,2-32,35H2,1H3,(H,40,41,42);/q;;+2/p-2. The van der Waals surface area contributed by atoms with E-state index < -0.39 is 20.2 Å². The van der Waals surface area contributed by atoms with Gasteiger partial charge in [0.25, 0.3) is 0 Å². The maximum atomic E-state index is 11.4. The van der Waals surface area contributed by atoms with Crippen molar-refractivity contribution in [3.05, 3.63) is 59.7 Å². The summed E-state index contributed by atoms with van der Waals surface area (Å²) in [5.41, 5.74) is 1.35. The van der Waals surface area contributed by atoms with Crippen LogP contribution in [0, 0.1) is 0 Å². The van der Waals surface area contributed by atoms with E-state index in [1.807, 2.05) is 12.1 Å². The molecular formula is C78H142BaO6S2. The van der Waals surface area contributed by atoms with Crippen molar-refractivity contribution in [3.8, 4) is 0 Å². The first-order chi connectivity index (χ1) is 42.1. The van der Waals surface area contributed by atoms with Crippen LogP contribution in [-0.4, -0.2) is 74.8 Å². The van der Waals surface area contributed by atoms with E-state index in [4.69, 9.17) is 0 Å². The summed E-state index contributed by atoms with van der Waals surface area (Å²) in [5.74, 6) is 0. The summed E-state index contributed by atoms with van der Waals surface area (Å²) >= 11 is 0. The Balaban J connectivity index is 0.00000168. The summed E-state index contributed by atoms with van der Waals surface area (Å²) in [4.78, 5) is -0.0823. The second kappa shape index (κ2) is 67.3. The van der Waals surface area contributed by atoms with E-state index >= 15 is 0 Å². The van der Waals surface area contributed by atoms with Crippen LogP contribution < -0.4 is 0 Å². The van der Waals surface area contributed by atoms with Gasteiger partial charge >= 0.3 is 48.9 Å². The molecule has 0 radical (unpaired) electrons. The molecule has 504 valence electrons. The topological polar surface area (TPSA) is 114 Å². The summed E-state index contributed by atoms with van der Waals surface area (Å²) in [6, 6.07) is 13.3. The number of benzene rings is 2.